The summed E-state index contributed by atoms with van der Waals surface area (Å²) in [5.41, 5.74) is -0.636. The van der Waals surface area contributed by atoms with E-state index in [1.165, 1.54) is 12.2 Å². The Balaban J connectivity index is 4.67. The van der Waals surface area contributed by atoms with Gasteiger partial charge in [-0.05, 0) is 13.8 Å². The van der Waals surface area contributed by atoms with Crippen LogP contribution in [0, 0.1) is 0 Å². The van der Waals surface area contributed by atoms with Gasteiger partial charge in [0.1, 0.15) is 0 Å². The second kappa shape index (κ2) is 4.80. The van der Waals surface area contributed by atoms with Crippen LogP contribution >= 0.6 is 0 Å². The third-order valence-corrected chi connectivity index (χ3v) is 1.14. The van der Waals surface area contributed by atoms with E-state index in [9.17, 15) is 13.2 Å². The molecule has 0 atom stereocenters. The SMILES string of the molecule is C\C=C/C(=C\C=C\C)C(F)(F)F. The van der Waals surface area contributed by atoms with Crippen molar-refractivity contribution in [2.45, 2.75) is 20.0 Å². The van der Waals surface area contributed by atoms with Gasteiger partial charge in [0.15, 0.2) is 0 Å². The number of hydrogen-bond donors (Lipinski definition) is 0. The summed E-state index contributed by atoms with van der Waals surface area (Å²) in [7, 11) is 0. The smallest absolute Gasteiger partial charge is 0.166 e. The van der Waals surface area contributed by atoms with Crippen molar-refractivity contribution >= 4 is 0 Å². The average molecular weight is 176 g/mol. The van der Waals surface area contributed by atoms with E-state index in [1.807, 2.05) is 0 Å². The molecule has 0 spiro atoms. The minimum atomic E-state index is -4.26. The highest BCUT2D eigenvalue weighted by Crippen LogP contribution is 2.26. The van der Waals surface area contributed by atoms with E-state index in [2.05, 4.69) is 0 Å². The van der Waals surface area contributed by atoms with Gasteiger partial charge in [0, 0.05) is 0 Å². The van der Waals surface area contributed by atoms with Crippen molar-refractivity contribution in [3.8, 4) is 0 Å². The van der Waals surface area contributed by atoms with Crippen molar-refractivity contribution in [2.75, 3.05) is 0 Å². The van der Waals surface area contributed by atoms with E-state index in [-0.39, 0.29) is 0 Å². The highest BCUT2D eigenvalue weighted by Gasteiger charge is 2.30. The fraction of sp³-hybridized carbons (Fsp3) is 0.333. The zero-order valence-electron chi connectivity index (χ0n) is 7.02. The van der Waals surface area contributed by atoms with Gasteiger partial charge in [0.2, 0.25) is 0 Å². The molecule has 0 rings (SSSR count). The summed E-state index contributed by atoms with van der Waals surface area (Å²) in [6.07, 6.45) is 2.10. The maximum atomic E-state index is 12.1. The summed E-state index contributed by atoms with van der Waals surface area (Å²) in [6.45, 7) is 3.22. The lowest BCUT2D eigenvalue weighted by molar-refractivity contribution is -0.0881. The first-order chi connectivity index (χ1) is 5.52. The molecule has 0 bridgehead atoms. The van der Waals surface area contributed by atoms with Crippen molar-refractivity contribution in [2.24, 2.45) is 0 Å². The van der Waals surface area contributed by atoms with Gasteiger partial charge in [-0.3, -0.25) is 0 Å². The Morgan fingerprint density at radius 3 is 2.00 bits per heavy atom. The summed E-state index contributed by atoms with van der Waals surface area (Å²) in [5.74, 6) is 0. The van der Waals surface area contributed by atoms with E-state index in [4.69, 9.17) is 0 Å². The molecule has 0 nitrogen and oxygen atoms in total. The highest BCUT2D eigenvalue weighted by molar-refractivity contribution is 5.27. The quantitative estimate of drug-likeness (QED) is 0.563. The van der Waals surface area contributed by atoms with Crippen molar-refractivity contribution in [3.05, 3.63) is 36.0 Å². The molecule has 3 heteroatoms. The summed E-state index contributed by atoms with van der Waals surface area (Å²) in [6, 6.07) is 0. The fourth-order valence-electron chi connectivity index (χ4n) is 0.624. The molecule has 68 valence electrons. The molecule has 0 saturated heterocycles. The lowest BCUT2D eigenvalue weighted by Crippen LogP contribution is -2.09. The minimum absolute atomic E-state index is 0.636. The topological polar surface area (TPSA) is 0 Å². The first-order valence-corrected chi connectivity index (χ1v) is 3.55. The van der Waals surface area contributed by atoms with Crippen molar-refractivity contribution in [1.82, 2.24) is 0 Å². The van der Waals surface area contributed by atoms with Crippen molar-refractivity contribution in [1.29, 1.82) is 0 Å². The van der Waals surface area contributed by atoms with Crippen LogP contribution in [-0.2, 0) is 0 Å². The van der Waals surface area contributed by atoms with E-state index >= 15 is 0 Å². The van der Waals surface area contributed by atoms with Gasteiger partial charge in [-0.2, -0.15) is 13.2 Å². The molecular weight excluding hydrogens is 165 g/mol. The molecule has 0 saturated carbocycles. The summed E-state index contributed by atoms with van der Waals surface area (Å²) in [4.78, 5) is 0. The first-order valence-electron chi connectivity index (χ1n) is 3.55. The molecule has 0 unspecified atom stereocenters. The number of allylic oxidation sites excluding steroid dienone is 6. The second-order valence-corrected chi connectivity index (χ2v) is 2.15. The normalized spacial score (nSPS) is 14.9. The summed E-state index contributed by atoms with van der Waals surface area (Å²) >= 11 is 0. The Hall–Kier alpha value is -0.990. The van der Waals surface area contributed by atoms with Crippen LogP contribution in [0.4, 0.5) is 13.2 Å². The van der Waals surface area contributed by atoms with E-state index in [0.717, 1.165) is 12.2 Å². The van der Waals surface area contributed by atoms with Crippen molar-refractivity contribution in [3.63, 3.8) is 0 Å². The Kier molecular flexibility index (Phi) is 4.40. The molecule has 0 radical (unpaired) electrons. The molecule has 0 aromatic carbocycles. The molecule has 0 aliphatic rings. The van der Waals surface area contributed by atoms with Crippen LogP contribution in [0.1, 0.15) is 13.8 Å². The Labute approximate surface area is 70.1 Å². The van der Waals surface area contributed by atoms with Gasteiger partial charge < -0.3 is 0 Å². The summed E-state index contributed by atoms with van der Waals surface area (Å²) < 4.78 is 36.2. The molecule has 0 amide bonds. The van der Waals surface area contributed by atoms with E-state index in [1.54, 1.807) is 19.9 Å². The van der Waals surface area contributed by atoms with Crippen LogP contribution in [0.3, 0.4) is 0 Å². The zero-order chi connectivity index (χ0) is 9.61. The molecular formula is C9H11F3. The third kappa shape index (κ3) is 4.01. The van der Waals surface area contributed by atoms with E-state index in [0.29, 0.717) is 0 Å². The van der Waals surface area contributed by atoms with Gasteiger partial charge in [0.05, 0.1) is 5.57 Å². The number of alkyl halides is 3. The van der Waals surface area contributed by atoms with Gasteiger partial charge in [-0.15, -0.1) is 0 Å². The predicted molar refractivity (Wildman–Crippen MR) is 43.8 cm³/mol. The predicted octanol–water partition coefficient (Wildman–Crippen LogP) is 3.63. The molecule has 0 N–H and O–H groups in total. The minimum Gasteiger partial charge on any atom is -0.166 e. The number of hydrogen-bond acceptors (Lipinski definition) is 0. The average Bonchev–Trinajstić information content (AvgIpc) is 1.95. The lowest BCUT2D eigenvalue weighted by atomic mass is 10.2. The monoisotopic (exact) mass is 176 g/mol. The first kappa shape index (κ1) is 11.0. The lowest BCUT2D eigenvalue weighted by Gasteiger charge is -2.05. The second-order valence-electron chi connectivity index (χ2n) is 2.15. The van der Waals surface area contributed by atoms with Crippen LogP contribution in [0.25, 0.3) is 0 Å². The van der Waals surface area contributed by atoms with Crippen molar-refractivity contribution < 1.29 is 13.2 Å². The maximum absolute atomic E-state index is 12.1. The highest BCUT2D eigenvalue weighted by atomic mass is 19.4. The molecule has 0 aliphatic carbocycles. The third-order valence-electron chi connectivity index (χ3n) is 1.14. The van der Waals surface area contributed by atoms with Crippen LogP contribution < -0.4 is 0 Å². The summed E-state index contributed by atoms with van der Waals surface area (Å²) in [5, 5.41) is 0. The number of halogens is 3. The molecule has 0 heterocycles. The van der Waals surface area contributed by atoms with Crippen LogP contribution in [0.15, 0.2) is 36.0 Å². The maximum Gasteiger partial charge on any atom is 0.416 e. The number of rotatable bonds is 2. The Morgan fingerprint density at radius 2 is 1.67 bits per heavy atom. The zero-order valence-corrected chi connectivity index (χ0v) is 7.02. The van der Waals surface area contributed by atoms with Gasteiger partial charge in [-0.25, -0.2) is 0 Å². The van der Waals surface area contributed by atoms with Gasteiger partial charge in [-0.1, -0.05) is 30.4 Å². The fourth-order valence-corrected chi connectivity index (χ4v) is 0.624. The largest absolute Gasteiger partial charge is 0.416 e. The van der Waals surface area contributed by atoms with Gasteiger partial charge in [0.25, 0.3) is 0 Å². The Morgan fingerprint density at radius 1 is 1.08 bits per heavy atom. The molecule has 12 heavy (non-hydrogen) atoms. The Bertz CT molecular complexity index is 206. The van der Waals surface area contributed by atoms with Gasteiger partial charge >= 0.3 is 6.18 Å². The standard InChI is InChI=1S/C9H11F3/c1-3-5-7-8(6-4-2)9(10,11)12/h3-7H,1-2H3/b5-3+,6-4-,8-7+. The van der Waals surface area contributed by atoms with Crippen LogP contribution in [0.2, 0.25) is 0 Å². The van der Waals surface area contributed by atoms with E-state index < -0.39 is 11.7 Å². The molecule has 0 fully saturated rings. The van der Waals surface area contributed by atoms with Crippen LogP contribution in [-0.4, -0.2) is 6.18 Å². The van der Waals surface area contributed by atoms with Crippen LogP contribution in [0.5, 0.6) is 0 Å². The molecule has 0 aliphatic heterocycles. The molecule has 0 aromatic heterocycles. The molecule has 0 aromatic rings.